The Hall–Kier alpha value is -0.520. The zero-order chi connectivity index (χ0) is 10.3. The smallest absolute Gasteiger partial charge is 0.0174 e. The minimum atomic E-state index is 0.693. The summed E-state index contributed by atoms with van der Waals surface area (Å²) in [5.74, 6) is 1.51. The van der Waals surface area contributed by atoms with Crippen LogP contribution >= 0.6 is 0 Å². The molecule has 0 amide bonds. The van der Waals surface area contributed by atoms with E-state index in [0.717, 1.165) is 5.92 Å². The maximum absolute atomic E-state index is 4.05. The molecule has 1 atom stereocenters. The van der Waals surface area contributed by atoms with Gasteiger partial charge in [-0.15, -0.1) is 0 Å². The van der Waals surface area contributed by atoms with Crippen LogP contribution in [-0.4, -0.2) is 0 Å². The highest BCUT2D eigenvalue weighted by Crippen LogP contribution is 2.22. The van der Waals surface area contributed by atoms with Crippen molar-refractivity contribution in [1.82, 2.24) is 0 Å². The van der Waals surface area contributed by atoms with Gasteiger partial charge in [-0.3, -0.25) is 0 Å². The predicted molar refractivity (Wildman–Crippen MR) is 61.8 cm³/mol. The molecule has 0 fully saturated rings. The number of allylic oxidation sites excluding steroid dienone is 3. The third kappa shape index (κ3) is 6.62. The molecule has 0 nitrogen and oxygen atoms in total. The first-order valence-electron chi connectivity index (χ1n) is 5.34. The third-order valence-corrected chi connectivity index (χ3v) is 2.45. The molecule has 0 aromatic carbocycles. The SMILES string of the molecule is C=C(C)C(CC=CC)CCC(C)C. The summed E-state index contributed by atoms with van der Waals surface area (Å²) in [5, 5.41) is 0. The topological polar surface area (TPSA) is 0 Å². The van der Waals surface area contributed by atoms with Crippen LogP contribution in [0.5, 0.6) is 0 Å². The van der Waals surface area contributed by atoms with E-state index in [-0.39, 0.29) is 0 Å². The molecule has 0 saturated carbocycles. The minimum Gasteiger partial charge on any atom is -0.0998 e. The van der Waals surface area contributed by atoms with Crippen LogP contribution < -0.4 is 0 Å². The molecule has 0 radical (unpaired) electrons. The van der Waals surface area contributed by atoms with Crippen molar-refractivity contribution in [3.8, 4) is 0 Å². The van der Waals surface area contributed by atoms with Crippen molar-refractivity contribution in [1.29, 1.82) is 0 Å². The molecule has 0 aromatic rings. The molecule has 0 heteroatoms. The molecule has 0 aliphatic carbocycles. The Morgan fingerprint density at radius 2 is 1.92 bits per heavy atom. The lowest BCUT2D eigenvalue weighted by Gasteiger charge is -2.16. The van der Waals surface area contributed by atoms with Crippen LogP contribution in [0.3, 0.4) is 0 Å². The van der Waals surface area contributed by atoms with Crippen LogP contribution in [-0.2, 0) is 0 Å². The zero-order valence-electron chi connectivity index (χ0n) is 9.64. The Morgan fingerprint density at radius 3 is 2.31 bits per heavy atom. The number of rotatable bonds is 6. The normalized spacial score (nSPS) is 13.9. The highest BCUT2D eigenvalue weighted by molar-refractivity contribution is 4.99. The van der Waals surface area contributed by atoms with Gasteiger partial charge >= 0.3 is 0 Å². The molecule has 0 heterocycles. The quantitative estimate of drug-likeness (QED) is 0.525. The summed E-state index contributed by atoms with van der Waals surface area (Å²) in [5.41, 5.74) is 1.33. The van der Waals surface area contributed by atoms with Gasteiger partial charge in [-0.2, -0.15) is 0 Å². The van der Waals surface area contributed by atoms with Crippen molar-refractivity contribution in [2.24, 2.45) is 11.8 Å². The Balaban J connectivity index is 3.87. The van der Waals surface area contributed by atoms with Gasteiger partial charge in [-0.05, 0) is 38.5 Å². The van der Waals surface area contributed by atoms with E-state index in [1.165, 1.54) is 24.8 Å². The molecule has 13 heavy (non-hydrogen) atoms. The standard InChI is InChI=1S/C13H24/c1-6-7-8-13(12(4)5)10-9-11(2)3/h6-7,11,13H,4,8-10H2,1-3,5H3. The lowest BCUT2D eigenvalue weighted by molar-refractivity contribution is 0.469. The van der Waals surface area contributed by atoms with E-state index >= 15 is 0 Å². The molecule has 0 rings (SSSR count). The second-order valence-corrected chi connectivity index (χ2v) is 4.32. The van der Waals surface area contributed by atoms with Gasteiger partial charge in [0, 0.05) is 0 Å². The van der Waals surface area contributed by atoms with Gasteiger partial charge in [0.05, 0.1) is 0 Å². The molecule has 0 aromatic heterocycles. The molecular weight excluding hydrogens is 156 g/mol. The fraction of sp³-hybridized carbons (Fsp3) is 0.692. The van der Waals surface area contributed by atoms with Gasteiger partial charge < -0.3 is 0 Å². The van der Waals surface area contributed by atoms with Crippen molar-refractivity contribution < 1.29 is 0 Å². The van der Waals surface area contributed by atoms with Gasteiger partial charge in [0.15, 0.2) is 0 Å². The lowest BCUT2D eigenvalue weighted by atomic mass is 9.90. The first-order valence-corrected chi connectivity index (χ1v) is 5.34. The van der Waals surface area contributed by atoms with E-state index in [1.807, 2.05) is 0 Å². The fourth-order valence-electron chi connectivity index (χ4n) is 1.40. The molecule has 1 unspecified atom stereocenters. The number of hydrogen-bond donors (Lipinski definition) is 0. The summed E-state index contributed by atoms with van der Waals surface area (Å²) in [6.07, 6.45) is 8.15. The predicted octanol–water partition coefficient (Wildman–Crippen LogP) is 4.58. The molecule has 0 aliphatic rings. The first-order chi connectivity index (χ1) is 6.07. The third-order valence-electron chi connectivity index (χ3n) is 2.45. The van der Waals surface area contributed by atoms with Crippen molar-refractivity contribution in [2.45, 2.75) is 47.0 Å². The fourth-order valence-corrected chi connectivity index (χ4v) is 1.40. The van der Waals surface area contributed by atoms with Crippen LogP contribution in [0.15, 0.2) is 24.3 Å². The maximum Gasteiger partial charge on any atom is -0.0174 e. The summed E-state index contributed by atoms with van der Waals surface area (Å²) in [6.45, 7) is 12.8. The van der Waals surface area contributed by atoms with Crippen molar-refractivity contribution in [3.63, 3.8) is 0 Å². The monoisotopic (exact) mass is 180 g/mol. The summed E-state index contributed by atoms with van der Waals surface area (Å²) < 4.78 is 0. The van der Waals surface area contributed by atoms with Gasteiger partial charge in [-0.25, -0.2) is 0 Å². The van der Waals surface area contributed by atoms with Gasteiger partial charge in [0.2, 0.25) is 0 Å². The van der Waals surface area contributed by atoms with Gasteiger partial charge in [-0.1, -0.05) is 44.6 Å². The van der Waals surface area contributed by atoms with E-state index in [4.69, 9.17) is 0 Å². The molecule has 0 bridgehead atoms. The van der Waals surface area contributed by atoms with E-state index in [0.29, 0.717) is 5.92 Å². The second kappa shape index (κ2) is 6.94. The largest absolute Gasteiger partial charge is 0.0998 e. The van der Waals surface area contributed by atoms with E-state index < -0.39 is 0 Å². The Morgan fingerprint density at radius 1 is 1.31 bits per heavy atom. The van der Waals surface area contributed by atoms with Crippen molar-refractivity contribution in [3.05, 3.63) is 24.3 Å². The lowest BCUT2D eigenvalue weighted by Crippen LogP contribution is -2.02. The van der Waals surface area contributed by atoms with Crippen molar-refractivity contribution >= 4 is 0 Å². The highest BCUT2D eigenvalue weighted by atomic mass is 14.1. The summed E-state index contributed by atoms with van der Waals surface area (Å²) >= 11 is 0. The van der Waals surface area contributed by atoms with Crippen LogP contribution in [0.25, 0.3) is 0 Å². The Labute approximate surface area is 83.7 Å². The maximum atomic E-state index is 4.05. The van der Waals surface area contributed by atoms with Crippen LogP contribution in [0.4, 0.5) is 0 Å². The van der Waals surface area contributed by atoms with Crippen LogP contribution in [0.2, 0.25) is 0 Å². The molecule has 0 spiro atoms. The van der Waals surface area contributed by atoms with Gasteiger partial charge in [0.25, 0.3) is 0 Å². The highest BCUT2D eigenvalue weighted by Gasteiger charge is 2.08. The minimum absolute atomic E-state index is 0.693. The van der Waals surface area contributed by atoms with Gasteiger partial charge in [0.1, 0.15) is 0 Å². The summed E-state index contributed by atoms with van der Waals surface area (Å²) in [4.78, 5) is 0. The van der Waals surface area contributed by atoms with E-state index in [1.54, 1.807) is 0 Å². The first kappa shape index (κ1) is 12.5. The summed E-state index contributed by atoms with van der Waals surface area (Å²) in [7, 11) is 0. The average Bonchev–Trinajstić information content (AvgIpc) is 2.03. The second-order valence-electron chi connectivity index (χ2n) is 4.32. The average molecular weight is 180 g/mol. The van der Waals surface area contributed by atoms with E-state index in [9.17, 15) is 0 Å². The molecular formula is C13H24. The Kier molecular flexibility index (Phi) is 6.66. The van der Waals surface area contributed by atoms with Crippen LogP contribution in [0, 0.1) is 11.8 Å². The number of hydrogen-bond acceptors (Lipinski definition) is 0. The van der Waals surface area contributed by atoms with Crippen LogP contribution in [0.1, 0.15) is 47.0 Å². The zero-order valence-corrected chi connectivity index (χ0v) is 9.64. The van der Waals surface area contributed by atoms with Crippen molar-refractivity contribution in [2.75, 3.05) is 0 Å². The Bertz CT molecular complexity index is 163. The molecule has 0 aliphatic heterocycles. The molecule has 0 saturated heterocycles. The van der Waals surface area contributed by atoms with E-state index in [2.05, 4.69) is 46.4 Å². The molecule has 76 valence electrons. The summed E-state index contributed by atoms with van der Waals surface area (Å²) in [6, 6.07) is 0. The molecule has 0 N–H and O–H groups in total.